The van der Waals surface area contributed by atoms with Crippen molar-refractivity contribution >= 4 is 33.2 Å². The Bertz CT molecular complexity index is 1040. The fourth-order valence-corrected chi connectivity index (χ4v) is 3.74. The van der Waals surface area contributed by atoms with Gasteiger partial charge >= 0.3 is 0 Å². The topological polar surface area (TPSA) is 122 Å². The van der Waals surface area contributed by atoms with Crippen LogP contribution in [0.4, 0.5) is 11.4 Å². The number of nitrogens with two attached hydrogens (primary N) is 1. The average Bonchev–Trinajstić information content (AvgIpc) is 2.72. The van der Waals surface area contributed by atoms with E-state index in [0.717, 1.165) is 15.6 Å². The molecule has 0 bridgehead atoms. The van der Waals surface area contributed by atoms with Gasteiger partial charge in [-0.1, -0.05) is 6.07 Å². The molecule has 0 fully saturated rings. The second-order valence-corrected chi connectivity index (χ2v) is 9.30. The summed E-state index contributed by atoms with van der Waals surface area (Å²) in [6.45, 7) is 1.98. The minimum atomic E-state index is -3.63. The highest BCUT2D eigenvalue weighted by molar-refractivity contribution is 7.89. The second kappa shape index (κ2) is 10.3. The van der Waals surface area contributed by atoms with E-state index < -0.39 is 15.9 Å². The quantitative estimate of drug-likeness (QED) is 0.569. The zero-order valence-electron chi connectivity index (χ0n) is 18.1. The third-order valence-electron chi connectivity index (χ3n) is 4.66. The minimum Gasteiger partial charge on any atom is -0.497 e. The number of methoxy groups -OCH3 is 1. The lowest BCUT2D eigenvalue weighted by molar-refractivity contribution is -0.118. The van der Waals surface area contributed by atoms with Crippen LogP contribution in [0.25, 0.3) is 0 Å². The molecule has 10 heteroatoms. The number of rotatable bonds is 10. The highest BCUT2D eigenvalue weighted by atomic mass is 32.2. The van der Waals surface area contributed by atoms with Crippen molar-refractivity contribution in [1.82, 2.24) is 4.31 Å². The number of anilines is 2. The van der Waals surface area contributed by atoms with Crippen molar-refractivity contribution in [3.8, 4) is 5.75 Å². The number of hydrogen-bond acceptors (Lipinski definition) is 6. The van der Waals surface area contributed by atoms with Crippen molar-refractivity contribution in [2.75, 3.05) is 44.5 Å². The van der Waals surface area contributed by atoms with Gasteiger partial charge < -0.3 is 20.7 Å². The van der Waals surface area contributed by atoms with E-state index in [1.807, 2.05) is 0 Å². The lowest BCUT2D eigenvalue weighted by atomic mass is 10.2. The van der Waals surface area contributed by atoms with Crippen LogP contribution in [0.15, 0.2) is 47.4 Å². The van der Waals surface area contributed by atoms with Crippen molar-refractivity contribution in [2.45, 2.75) is 18.2 Å². The van der Waals surface area contributed by atoms with Gasteiger partial charge in [0.05, 0.1) is 18.6 Å². The smallest absolute Gasteiger partial charge is 0.243 e. The van der Waals surface area contributed by atoms with Crippen molar-refractivity contribution in [2.24, 2.45) is 5.73 Å². The number of nitrogens with one attached hydrogen (secondary N) is 1. The van der Waals surface area contributed by atoms with Gasteiger partial charge in [0, 0.05) is 38.4 Å². The predicted octanol–water partition coefficient (Wildman–Crippen LogP) is 1.57. The molecule has 3 N–H and O–H groups in total. The fourth-order valence-electron chi connectivity index (χ4n) is 2.81. The Morgan fingerprint density at radius 1 is 1.10 bits per heavy atom. The fraction of sp³-hybridized carbons (Fsp3) is 0.333. The molecule has 0 aliphatic rings. The Balaban J connectivity index is 2.22. The van der Waals surface area contributed by atoms with Crippen LogP contribution in [0.3, 0.4) is 0 Å². The lowest BCUT2D eigenvalue weighted by Crippen LogP contribution is -2.35. The van der Waals surface area contributed by atoms with E-state index in [1.54, 1.807) is 49.3 Å². The number of benzene rings is 2. The predicted molar refractivity (Wildman–Crippen MR) is 120 cm³/mol. The monoisotopic (exact) mass is 448 g/mol. The summed E-state index contributed by atoms with van der Waals surface area (Å²) in [5.74, 6) is -0.170. The van der Waals surface area contributed by atoms with Gasteiger partial charge in [-0.3, -0.25) is 9.59 Å². The summed E-state index contributed by atoms with van der Waals surface area (Å²) in [7, 11) is 0.808. The molecule has 2 rings (SSSR count). The molecule has 0 saturated carbocycles. The number of nitrogens with zero attached hydrogens (tertiary/aromatic N) is 2. The van der Waals surface area contributed by atoms with E-state index in [9.17, 15) is 18.0 Å². The molecule has 168 valence electrons. The van der Waals surface area contributed by atoms with E-state index in [0.29, 0.717) is 11.4 Å². The number of amides is 2. The maximum Gasteiger partial charge on any atom is 0.243 e. The molecule has 2 amide bonds. The van der Waals surface area contributed by atoms with Gasteiger partial charge in [0.1, 0.15) is 5.75 Å². The summed E-state index contributed by atoms with van der Waals surface area (Å²) < 4.78 is 31.1. The number of sulfonamides is 1. The van der Waals surface area contributed by atoms with E-state index in [2.05, 4.69) is 5.32 Å². The summed E-state index contributed by atoms with van der Waals surface area (Å²) in [5.41, 5.74) is 7.12. The number of carbonyl (C=O) groups excluding carboxylic acids is 2. The molecule has 0 heterocycles. The zero-order chi connectivity index (χ0) is 23.2. The van der Waals surface area contributed by atoms with Gasteiger partial charge in [0.2, 0.25) is 21.8 Å². The van der Waals surface area contributed by atoms with Crippen molar-refractivity contribution in [3.63, 3.8) is 0 Å². The normalized spacial score (nSPS) is 11.3. The number of ether oxygens (including phenoxy) is 1. The Morgan fingerprint density at radius 2 is 1.74 bits per heavy atom. The van der Waals surface area contributed by atoms with Crippen LogP contribution in [0.1, 0.15) is 12.0 Å². The van der Waals surface area contributed by atoms with Crippen LogP contribution in [-0.2, 0) is 19.6 Å². The first-order valence-electron chi connectivity index (χ1n) is 9.55. The Kier molecular flexibility index (Phi) is 8.01. The van der Waals surface area contributed by atoms with Gasteiger partial charge in [-0.2, -0.15) is 0 Å². The molecule has 0 aromatic heterocycles. The first-order chi connectivity index (χ1) is 14.5. The van der Waals surface area contributed by atoms with Crippen LogP contribution in [0.5, 0.6) is 5.75 Å². The standard InChI is InChI=1S/C21H28N4O5S/c1-15-5-10-18(31(28,29)24(2)3)13-19(15)23-21(27)14-25(12-11-20(22)26)16-6-8-17(30-4)9-7-16/h5-10,13H,11-12,14H2,1-4H3,(H2,22,26)(H,23,27). The number of hydrogen-bond donors (Lipinski definition) is 2. The van der Waals surface area contributed by atoms with E-state index in [1.165, 1.54) is 26.2 Å². The van der Waals surface area contributed by atoms with Crippen molar-refractivity contribution < 1.29 is 22.7 Å². The molecular formula is C21H28N4O5S. The molecule has 0 spiro atoms. The molecule has 2 aromatic carbocycles. The van der Waals surface area contributed by atoms with Crippen LogP contribution < -0.4 is 20.7 Å². The largest absolute Gasteiger partial charge is 0.497 e. The lowest BCUT2D eigenvalue weighted by Gasteiger charge is -2.24. The highest BCUT2D eigenvalue weighted by Crippen LogP contribution is 2.23. The van der Waals surface area contributed by atoms with Gasteiger partial charge in [-0.05, 0) is 48.9 Å². The van der Waals surface area contributed by atoms with Crippen LogP contribution in [0, 0.1) is 6.92 Å². The maximum atomic E-state index is 12.8. The van der Waals surface area contributed by atoms with Crippen LogP contribution in [-0.4, -0.2) is 58.8 Å². The summed E-state index contributed by atoms with van der Waals surface area (Å²) in [6, 6.07) is 11.6. The summed E-state index contributed by atoms with van der Waals surface area (Å²) in [6.07, 6.45) is 0.0783. The first kappa shape index (κ1) is 24.2. The zero-order valence-corrected chi connectivity index (χ0v) is 18.9. The molecular weight excluding hydrogens is 420 g/mol. The third-order valence-corrected chi connectivity index (χ3v) is 6.47. The van der Waals surface area contributed by atoms with Crippen LogP contribution >= 0.6 is 0 Å². The molecule has 31 heavy (non-hydrogen) atoms. The molecule has 0 unspecified atom stereocenters. The second-order valence-electron chi connectivity index (χ2n) is 7.15. The minimum absolute atomic E-state index is 0.0519. The van der Waals surface area contributed by atoms with Crippen molar-refractivity contribution in [3.05, 3.63) is 48.0 Å². The number of primary amides is 1. The molecule has 0 aliphatic heterocycles. The molecule has 2 aromatic rings. The Morgan fingerprint density at radius 3 is 2.29 bits per heavy atom. The van der Waals surface area contributed by atoms with Crippen LogP contribution in [0.2, 0.25) is 0 Å². The summed E-state index contributed by atoms with van der Waals surface area (Å²) in [4.78, 5) is 25.8. The van der Waals surface area contributed by atoms with Gasteiger partial charge in [0.15, 0.2) is 0 Å². The van der Waals surface area contributed by atoms with E-state index >= 15 is 0 Å². The summed E-state index contributed by atoms with van der Waals surface area (Å²) in [5, 5.41) is 2.77. The van der Waals surface area contributed by atoms with E-state index in [4.69, 9.17) is 10.5 Å². The molecule has 0 aliphatic carbocycles. The SMILES string of the molecule is COc1ccc(N(CCC(N)=O)CC(=O)Nc2cc(S(=O)(=O)N(C)C)ccc2C)cc1. The van der Waals surface area contributed by atoms with Gasteiger partial charge in [-0.15, -0.1) is 0 Å². The highest BCUT2D eigenvalue weighted by Gasteiger charge is 2.19. The average molecular weight is 449 g/mol. The Labute approximate surface area is 182 Å². The van der Waals surface area contributed by atoms with Gasteiger partial charge in [-0.25, -0.2) is 12.7 Å². The summed E-state index contributed by atoms with van der Waals surface area (Å²) >= 11 is 0. The number of carbonyl (C=O) groups is 2. The molecule has 0 saturated heterocycles. The first-order valence-corrected chi connectivity index (χ1v) is 11.0. The number of aryl methyl sites for hydroxylation is 1. The van der Waals surface area contributed by atoms with Gasteiger partial charge in [0.25, 0.3) is 0 Å². The van der Waals surface area contributed by atoms with Crippen molar-refractivity contribution in [1.29, 1.82) is 0 Å². The maximum absolute atomic E-state index is 12.8. The molecule has 0 radical (unpaired) electrons. The molecule has 9 nitrogen and oxygen atoms in total. The Hall–Kier alpha value is -3.11. The van der Waals surface area contributed by atoms with E-state index in [-0.39, 0.29) is 30.3 Å². The third kappa shape index (κ3) is 6.43. The molecule has 0 atom stereocenters.